The van der Waals surface area contributed by atoms with Crippen LogP contribution < -0.4 is 56.1 Å². The number of hydrogen-bond acceptors (Lipinski definition) is 18. The molecule has 0 spiro atoms. The molecule has 5 heterocycles. The number of hydrogen-bond donors (Lipinski definition) is 10. The fraction of sp³-hybridized carbons (Fsp3) is 1.00. The summed E-state index contributed by atoms with van der Waals surface area (Å²) < 4.78 is 0. The molecule has 5 atom stereocenters. The molecule has 5 unspecified atom stereocenters. The Kier molecular flexibility index (Phi) is 38.5. The van der Waals surface area contributed by atoms with E-state index in [2.05, 4.69) is 89.8 Å². The molecule has 5 aliphatic heterocycles. The first-order valence-electron chi connectivity index (χ1n) is 25.9. The number of likely N-dealkylation sites (N-methyl/N-ethyl adjacent to an activating group) is 1. The average molecular weight is 916 g/mol. The second-order valence-electron chi connectivity index (χ2n) is 18.9. The highest BCUT2D eigenvalue weighted by atomic mass is 15.3. The predicted molar refractivity (Wildman–Crippen MR) is 276 cm³/mol. The van der Waals surface area contributed by atoms with E-state index >= 15 is 0 Å². The summed E-state index contributed by atoms with van der Waals surface area (Å²) in [5.41, 5.74) is 40.4. The Morgan fingerprint density at radius 1 is 0.391 bits per heavy atom. The van der Waals surface area contributed by atoms with Crippen molar-refractivity contribution in [3.63, 3.8) is 0 Å². The molecule has 5 rings (SSSR count). The zero-order valence-electron chi connectivity index (χ0n) is 42.8. The molecular formula is C46H110N18. The maximum absolute atomic E-state index is 5.97. The van der Waals surface area contributed by atoms with Gasteiger partial charge in [0.1, 0.15) is 0 Å². The van der Waals surface area contributed by atoms with Crippen LogP contribution in [0.5, 0.6) is 0 Å². The molecule has 0 aromatic heterocycles. The van der Waals surface area contributed by atoms with Gasteiger partial charge in [-0.1, -0.05) is 27.7 Å². The largest absolute Gasteiger partial charge is 0.329 e. The molecule has 384 valence electrons. The Bertz CT molecular complexity index is 962. The smallest absolute Gasteiger partial charge is 0.0165 e. The first-order valence-corrected chi connectivity index (χ1v) is 25.9. The minimum atomic E-state index is 0.318. The molecule has 17 N–H and O–H groups in total. The van der Waals surface area contributed by atoms with Gasteiger partial charge in [0.05, 0.1) is 0 Å². The van der Waals surface area contributed by atoms with Crippen molar-refractivity contribution < 1.29 is 0 Å². The lowest BCUT2D eigenvalue weighted by molar-refractivity contribution is 0.121. The van der Waals surface area contributed by atoms with E-state index in [9.17, 15) is 0 Å². The highest BCUT2D eigenvalue weighted by Gasteiger charge is 2.20. The molecule has 18 nitrogen and oxygen atoms in total. The number of nitrogens with one attached hydrogen (secondary N) is 3. The summed E-state index contributed by atoms with van der Waals surface area (Å²) >= 11 is 0. The molecule has 5 fully saturated rings. The summed E-state index contributed by atoms with van der Waals surface area (Å²) in [6.07, 6.45) is 4.30. The van der Waals surface area contributed by atoms with Crippen LogP contribution in [0.25, 0.3) is 0 Å². The van der Waals surface area contributed by atoms with Crippen molar-refractivity contribution >= 4 is 0 Å². The molecule has 0 radical (unpaired) electrons. The van der Waals surface area contributed by atoms with Crippen molar-refractivity contribution in [1.82, 2.24) is 55.1 Å². The van der Waals surface area contributed by atoms with Gasteiger partial charge in [-0.15, -0.1) is 0 Å². The lowest BCUT2D eigenvalue weighted by Gasteiger charge is -2.36. The van der Waals surface area contributed by atoms with Gasteiger partial charge in [0.25, 0.3) is 0 Å². The number of nitrogens with zero attached hydrogens (tertiary/aromatic N) is 8. The predicted octanol–water partition coefficient (Wildman–Crippen LogP) is -2.97. The zero-order valence-corrected chi connectivity index (χ0v) is 42.8. The van der Waals surface area contributed by atoms with E-state index in [1.54, 1.807) is 0 Å². The van der Waals surface area contributed by atoms with Gasteiger partial charge in [0, 0.05) is 233 Å². The van der Waals surface area contributed by atoms with Crippen molar-refractivity contribution in [3.05, 3.63) is 0 Å². The second kappa shape index (κ2) is 40.2. The molecular weight excluding hydrogens is 805 g/mol. The van der Waals surface area contributed by atoms with Gasteiger partial charge >= 0.3 is 0 Å². The molecule has 0 aromatic carbocycles. The third-order valence-corrected chi connectivity index (χ3v) is 13.0. The third-order valence-electron chi connectivity index (χ3n) is 13.0. The summed E-state index contributed by atoms with van der Waals surface area (Å²) in [7, 11) is 2.00. The van der Waals surface area contributed by atoms with Crippen LogP contribution in [0.15, 0.2) is 0 Å². The quantitative estimate of drug-likeness (QED) is 0.0553. The highest BCUT2D eigenvalue weighted by molar-refractivity contribution is 4.79. The fourth-order valence-electron chi connectivity index (χ4n) is 8.26. The fourth-order valence-corrected chi connectivity index (χ4v) is 8.26. The van der Waals surface area contributed by atoms with Crippen LogP contribution in [0.2, 0.25) is 0 Å². The molecule has 0 amide bonds. The van der Waals surface area contributed by atoms with Crippen LogP contribution in [0.1, 0.15) is 60.3 Å². The summed E-state index contributed by atoms with van der Waals surface area (Å²) in [6.45, 7) is 44.9. The standard InChI is InChI=1S/C12H28N4.C10H24N4.C9H22N4.C8H19N3.C7H17N3/c1-3-11(13)9-15-5-7-16(8-6-15)10-12(14)4-2;1-2-10(12)9-14-7-5-13(4-3-11)6-8-14;1-11-3-5-13-8-6-12(4-2-10)7-9-13;1-2-8(9)7-11-5-3-10-4-6-11;1-7(8)6-10-4-2-9-3-5-10/h11-12H,3-10,13-14H2,1-2H3;10H,2-9,11-12H2,1H3;11H,2-10H2,1H3;8,10H,2-7,9H2,1H3;7,9H,2-6,8H2,1H3. The van der Waals surface area contributed by atoms with Crippen molar-refractivity contribution in [2.45, 2.75) is 90.5 Å². The van der Waals surface area contributed by atoms with Crippen molar-refractivity contribution in [3.8, 4) is 0 Å². The molecule has 5 aliphatic rings. The molecule has 0 aliphatic carbocycles. The van der Waals surface area contributed by atoms with Crippen LogP contribution in [0.3, 0.4) is 0 Å². The first-order chi connectivity index (χ1) is 30.9. The third kappa shape index (κ3) is 32.1. The van der Waals surface area contributed by atoms with Crippen LogP contribution in [0.4, 0.5) is 0 Å². The maximum atomic E-state index is 5.97. The van der Waals surface area contributed by atoms with E-state index in [-0.39, 0.29) is 0 Å². The molecule has 64 heavy (non-hydrogen) atoms. The Balaban J connectivity index is 0.000000404. The van der Waals surface area contributed by atoms with Crippen LogP contribution in [-0.4, -0.2) is 279 Å². The zero-order chi connectivity index (χ0) is 47.4. The summed E-state index contributed by atoms with van der Waals surface area (Å²) in [6, 6.07) is 1.70. The van der Waals surface area contributed by atoms with Gasteiger partial charge < -0.3 is 56.1 Å². The monoisotopic (exact) mass is 915 g/mol. The average Bonchev–Trinajstić information content (AvgIpc) is 3.31. The normalized spacial score (nSPS) is 22.8. The molecule has 5 saturated heterocycles. The van der Waals surface area contributed by atoms with E-state index < -0.39 is 0 Å². The minimum absolute atomic E-state index is 0.318. The van der Waals surface area contributed by atoms with Gasteiger partial charge in [-0.05, 0) is 39.7 Å². The SMILES string of the molecule is CC(N)CN1CCNCC1.CCC(N)CN1CCN(CC(N)CC)CC1.CCC(N)CN1CCN(CCN)CC1.CCC(N)CN1CCNCC1.CNCCN1CCN(CCN)CC1. The topological polar surface area (TPSA) is 244 Å². The Morgan fingerprint density at radius 3 is 0.891 bits per heavy atom. The first kappa shape index (κ1) is 61.3. The van der Waals surface area contributed by atoms with Crippen molar-refractivity contribution in [2.24, 2.45) is 40.1 Å². The van der Waals surface area contributed by atoms with Crippen LogP contribution in [0, 0.1) is 0 Å². The summed E-state index contributed by atoms with van der Waals surface area (Å²) in [4.78, 5) is 19.6. The molecule has 18 heteroatoms. The Hall–Kier alpha value is -0.720. The van der Waals surface area contributed by atoms with Gasteiger partial charge in [0.2, 0.25) is 0 Å². The van der Waals surface area contributed by atoms with E-state index in [0.717, 1.165) is 196 Å². The lowest BCUT2D eigenvalue weighted by atomic mass is 10.2. The molecule has 0 saturated carbocycles. The van der Waals surface area contributed by atoms with E-state index in [1.165, 1.54) is 32.7 Å². The van der Waals surface area contributed by atoms with Crippen molar-refractivity contribution in [1.29, 1.82) is 0 Å². The van der Waals surface area contributed by atoms with E-state index in [0.29, 0.717) is 30.2 Å². The summed E-state index contributed by atoms with van der Waals surface area (Å²) in [5.74, 6) is 0. The van der Waals surface area contributed by atoms with E-state index in [1.807, 2.05) is 7.05 Å². The number of rotatable bonds is 21. The number of nitrogens with two attached hydrogens (primary N) is 7. The lowest BCUT2D eigenvalue weighted by Crippen LogP contribution is -2.52. The minimum Gasteiger partial charge on any atom is -0.329 e. The van der Waals surface area contributed by atoms with Gasteiger partial charge in [-0.25, -0.2) is 0 Å². The highest BCUT2D eigenvalue weighted by Crippen LogP contribution is 2.05. The van der Waals surface area contributed by atoms with Gasteiger partial charge in [-0.2, -0.15) is 0 Å². The molecule has 0 bridgehead atoms. The Morgan fingerprint density at radius 2 is 0.641 bits per heavy atom. The number of piperazine rings is 5. The maximum Gasteiger partial charge on any atom is 0.0165 e. The molecule has 0 aromatic rings. The van der Waals surface area contributed by atoms with Crippen molar-refractivity contribution in [2.75, 3.05) is 210 Å². The summed E-state index contributed by atoms with van der Waals surface area (Å²) in [5, 5.41) is 9.81. The van der Waals surface area contributed by atoms with Gasteiger partial charge in [-0.3, -0.25) is 39.2 Å². The van der Waals surface area contributed by atoms with E-state index in [4.69, 9.17) is 40.1 Å². The van der Waals surface area contributed by atoms with Crippen LogP contribution in [-0.2, 0) is 0 Å². The van der Waals surface area contributed by atoms with Crippen LogP contribution >= 0.6 is 0 Å². The van der Waals surface area contributed by atoms with Gasteiger partial charge in [0.15, 0.2) is 0 Å². The Labute approximate surface area is 394 Å². The second-order valence-corrected chi connectivity index (χ2v) is 18.9.